The number of benzene rings is 2. The number of ketones is 1. The molecule has 0 aliphatic carbocycles. The highest BCUT2D eigenvalue weighted by atomic mass is 16.5. The molecule has 0 saturated heterocycles. The standard InChI is InChI=1S/C25H26O7/c1-13(2)5-6-14-18(27)11-19-20(21(14)28)23(29)25(30,12-31-19)16-7-8-17(26)15-9-10-24(3,4)32-22(15)16/h5,7-11,26-28,30H,6,12H2,1-4H3/t25-/m0/s1. The lowest BCUT2D eigenvalue weighted by atomic mass is 9.81. The van der Waals surface area contributed by atoms with E-state index in [1.807, 2.05) is 27.7 Å². The van der Waals surface area contributed by atoms with Crippen LogP contribution in [0.25, 0.3) is 6.08 Å². The van der Waals surface area contributed by atoms with Gasteiger partial charge in [-0.2, -0.15) is 0 Å². The van der Waals surface area contributed by atoms with E-state index in [4.69, 9.17) is 9.47 Å². The maximum atomic E-state index is 13.6. The Hall–Kier alpha value is -3.45. The third-order valence-electron chi connectivity index (χ3n) is 5.73. The van der Waals surface area contributed by atoms with Crippen LogP contribution in [0.5, 0.6) is 28.7 Å². The van der Waals surface area contributed by atoms with Crippen molar-refractivity contribution in [2.45, 2.75) is 45.3 Å². The Morgan fingerprint density at radius 3 is 2.56 bits per heavy atom. The third-order valence-corrected chi connectivity index (χ3v) is 5.73. The highest BCUT2D eigenvalue weighted by molar-refractivity contribution is 6.09. The van der Waals surface area contributed by atoms with Gasteiger partial charge in [0.1, 0.15) is 46.5 Å². The van der Waals surface area contributed by atoms with Gasteiger partial charge in [-0.3, -0.25) is 4.79 Å². The molecule has 0 spiro atoms. The minimum Gasteiger partial charge on any atom is -0.507 e. The number of aromatic hydroxyl groups is 3. The van der Waals surface area contributed by atoms with Crippen LogP contribution in [0.1, 0.15) is 54.7 Å². The molecule has 0 amide bonds. The normalized spacial score (nSPS) is 20.6. The van der Waals surface area contributed by atoms with Gasteiger partial charge in [-0.05, 0) is 58.4 Å². The molecule has 4 N–H and O–H groups in total. The van der Waals surface area contributed by atoms with Gasteiger partial charge in [0.25, 0.3) is 0 Å². The number of ether oxygens (including phenoxy) is 2. The first-order chi connectivity index (χ1) is 14.9. The number of carbonyl (C=O) groups excluding carboxylic acids is 1. The van der Waals surface area contributed by atoms with Crippen LogP contribution in [0, 0.1) is 0 Å². The summed E-state index contributed by atoms with van der Waals surface area (Å²) in [5.74, 6) is -1.31. The maximum Gasteiger partial charge on any atom is 0.210 e. The van der Waals surface area contributed by atoms with E-state index in [0.717, 1.165) is 5.57 Å². The van der Waals surface area contributed by atoms with E-state index >= 15 is 0 Å². The fourth-order valence-electron chi connectivity index (χ4n) is 3.93. The predicted octanol–water partition coefficient (Wildman–Crippen LogP) is 3.96. The van der Waals surface area contributed by atoms with Gasteiger partial charge in [-0.15, -0.1) is 0 Å². The van der Waals surface area contributed by atoms with Crippen LogP contribution in [0.15, 0.2) is 35.9 Å². The van der Waals surface area contributed by atoms with E-state index in [9.17, 15) is 25.2 Å². The fourth-order valence-corrected chi connectivity index (χ4v) is 3.93. The molecule has 2 heterocycles. The number of Topliss-reactive ketones (excluding diaryl/α,β-unsaturated/α-hetero) is 1. The molecule has 0 aromatic heterocycles. The quantitative estimate of drug-likeness (QED) is 0.536. The Balaban J connectivity index is 1.87. The van der Waals surface area contributed by atoms with E-state index in [1.165, 1.54) is 18.2 Å². The van der Waals surface area contributed by atoms with Crippen LogP contribution in [0.4, 0.5) is 0 Å². The van der Waals surface area contributed by atoms with Gasteiger partial charge in [0, 0.05) is 17.2 Å². The topological polar surface area (TPSA) is 116 Å². The molecule has 4 rings (SSSR count). The van der Waals surface area contributed by atoms with Crippen LogP contribution in [0.3, 0.4) is 0 Å². The molecule has 0 saturated carbocycles. The first kappa shape index (κ1) is 21.8. The van der Waals surface area contributed by atoms with E-state index in [0.29, 0.717) is 5.56 Å². The van der Waals surface area contributed by atoms with Gasteiger partial charge >= 0.3 is 0 Å². The van der Waals surface area contributed by atoms with Gasteiger partial charge in [-0.1, -0.05) is 11.6 Å². The Bertz CT molecular complexity index is 1190. The van der Waals surface area contributed by atoms with Crippen LogP contribution in [0.2, 0.25) is 0 Å². The molecule has 2 aromatic rings. The average Bonchev–Trinajstić information content (AvgIpc) is 2.69. The number of phenolic OH excluding ortho intramolecular Hbond substituents is 3. The molecule has 7 heteroatoms. The zero-order valence-electron chi connectivity index (χ0n) is 18.4. The van der Waals surface area contributed by atoms with Gasteiger partial charge in [-0.25, -0.2) is 0 Å². The van der Waals surface area contributed by atoms with Crippen molar-refractivity contribution in [1.82, 2.24) is 0 Å². The van der Waals surface area contributed by atoms with Crippen LogP contribution >= 0.6 is 0 Å². The molecule has 0 unspecified atom stereocenters. The summed E-state index contributed by atoms with van der Waals surface area (Å²) < 4.78 is 11.6. The average molecular weight is 438 g/mol. The molecular formula is C25H26O7. The molecule has 1 atom stereocenters. The van der Waals surface area contributed by atoms with Crippen molar-refractivity contribution in [3.8, 4) is 28.7 Å². The van der Waals surface area contributed by atoms with Crippen LogP contribution in [-0.4, -0.2) is 38.4 Å². The molecule has 0 radical (unpaired) electrons. The molecule has 2 aliphatic rings. The van der Waals surface area contributed by atoms with Crippen molar-refractivity contribution in [2.24, 2.45) is 0 Å². The summed E-state index contributed by atoms with van der Waals surface area (Å²) in [5.41, 5.74) is -1.50. The Labute approximate surface area is 185 Å². The number of allylic oxidation sites excluding steroid dienone is 2. The Kier molecular flexibility index (Phi) is 4.97. The van der Waals surface area contributed by atoms with Crippen molar-refractivity contribution in [2.75, 3.05) is 6.61 Å². The minimum atomic E-state index is -2.17. The van der Waals surface area contributed by atoms with Crippen molar-refractivity contribution in [1.29, 1.82) is 0 Å². The predicted molar refractivity (Wildman–Crippen MR) is 118 cm³/mol. The van der Waals surface area contributed by atoms with Crippen LogP contribution in [-0.2, 0) is 12.0 Å². The molecular weight excluding hydrogens is 412 g/mol. The fraction of sp³-hybridized carbons (Fsp3) is 0.320. The van der Waals surface area contributed by atoms with Crippen molar-refractivity contribution in [3.63, 3.8) is 0 Å². The second-order valence-electron chi connectivity index (χ2n) is 8.97. The minimum absolute atomic E-state index is 0.00980. The zero-order chi connectivity index (χ0) is 23.4. The van der Waals surface area contributed by atoms with Crippen molar-refractivity contribution >= 4 is 11.9 Å². The largest absolute Gasteiger partial charge is 0.507 e. The summed E-state index contributed by atoms with van der Waals surface area (Å²) in [6.45, 7) is 6.93. The summed E-state index contributed by atoms with van der Waals surface area (Å²) in [4.78, 5) is 13.6. The van der Waals surface area contributed by atoms with E-state index in [-0.39, 0.29) is 46.1 Å². The second kappa shape index (κ2) is 7.31. The number of fused-ring (bicyclic) bond motifs is 2. The highest BCUT2D eigenvalue weighted by Crippen LogP contribution is 2.49. The number of rotatable bonds is 3. The summed E-state index contributed by atoms with van der Waals surface area (Å²) >= 11 is 0. The van der Waals surface area contributed by atoms with Crippen molar-refractivity contribution in [3.05, 3.63) is 58.2 Å². The lowest BCUT2D eigenvalue weighted by molar-refractivity contribution is -0.00838. The first-order valence-electron chi connectivity index (χ1n) is 10.3. The molecule has 0 fully saturated rings. The Morgan fingerprint density at radius 1 is 1.16 bits per heavy atom. The molecule has 168 valence electrons. The molecule has 32 heavy (non-hydrogen) atoms. The van der Waals surface area contributed by atoms with Crippen molar-refractivity contribution < 1.29 is 34.7 Å². The molecule has 2 aromatic carbocycles. The van der Waals surface area contributed by atoms with E-state index < -0.39 is 29.3 Å². The second-order valence-corrected chi connectivity index (χ2v) is 8.97. The van der Waals surface area contributed by atoms with Crippen LogP contribution < -0.4 is 9.47 Å². The summed E-state index contributed by atoms with van der Waals surface area (Å²) in [7, 11) is 0. The number of hydrogen-bond donors (Lipinski definition) is 4. The number of phenols is 3. The maximum absolute atomic E-state index is 13.6. The highest BCUT2D eigenvalue weighted by Gasteiger charge is 2.49. The van der Waals surface area contributed by atoms with Gasteiger partial charge in [0.2, 0.25) is 5.78 Å². The van der Waals surface area contributed by atoms with E-state index in [1.54, 1.807) is 18.2 Å². The first-order valence-corrected chi connectivity index (χ1v) is 10.3. The number of hydrogen-bond acceptors (Lipinski definition) is 7. The Morgan fingerprint density at radius 2 is 1.88 bits per heavy atom. The van der Waals surface area contributed by atoms with Gasteiger partial charge in [0.15, 0.2) is 5.60 Å². The molecule has 2 aliphatic heterocycles. The van der Waals surface area contributed by atoms with E-state index in [2.05, 4.69) is 0 Å². The number of carbonyl (C=O) groups is 1. The molecule has 0 bridgehead atoms. The summed E-state index contributed by atoms with van der Waals surface area (Å²) in [6.07, 6.45) is 5.45. The summed E-state index contributed by atoms with van der Waals surface area (Å²) in [5, 5.41) is 43.0. The number of aliphatic hydroxyl groups is 1. The third kappa shape index (κ3) is 3.39. The molecule has 7 nitrogen and oxygen atoms in total. The SMILES string of the molecule is CC(C)=CCc1c(O)cc2c(c1O)C(=O)[C@@](O)(c1ccc(O)c3c1OC(C)(C)C=C3)CO2. The van der Waals surface area contributed by atoms with Gasteiger partial charge < -0.3 is 29.9 Å². The van der Waals surface area contributed by atoms with Gasteiger partial charge in [0.05, 0.1) is 5.56 Å². The smallest absolute Gasteiger partial charge is 0.210 e. The summed E-state index contributed by atoms with van der Waals surface area (Å²) in [6, 6.07) is 4.06. The monoisotopic (exact) mass is 438 g/mol. The lowest BCUT2D eigenvalue weighted by Crippen LogP contribution is -2.46. The lowest BCUT2D eigenvalue weighted by Gasteiger charge is -2.37. The zero-order valence-corrected chi connectivity index (χ0v) is 18.4.